The first-order chi connectivity index (χ1) is 11.7. The van der Waals surface area contributed by atoms with E-state index in [0.29, 0.717) is 23.6 Å². The molecule has 1 aromatic carbocycles. The number of carbonyl (C=O) groups is 1. The second-order valence-electron chi connectivity index (χ2n) is 6.19. The number of hydrogen-bond acceptors (Lipinski definition) is 5. The number of rotatable bonds is 6. The molecule has 25 heavy (non-hydrogen) atoms. The fraction of sp³-hybridized carbons (Fsp3) is 0.421. The Hall–Kier alpha value is -1.40. The summed E-state index contributed by atoms with van der Waals surface area (Å²) in [5, 5.41) is 13.0. The van der Waals surface area contributed by atoms with Crippen LogP contribution in [0.25, 0.3) is 0 Å². The first-order valence-electron chi connectivity index (χ1n) is 8.44. The summed E-state index contributed by atoms with van der Waals surface area (Å²) in [6.45, 7) is 2.76. The minimum absolute atomic E-state index is 0. The molecule has 6 heteroatoms. The predicted molar refractivity (Wildman–Crippen MR) is 102 cm³/mol. The van der Waals surface area contributed by atoms with E-state index in [4.69, 9.17) is 4.74 Å². The van der Waals surface area contributed by atoms with E-state index >= 15 is 0 Å². The first-order valence-corrected chi connectivity index (χ1v) is 9.32. The van der Waals surface area contributed by atoms with E-state index < -0.39 is 11.6 Å². The number of nitrogens with zero attached hydrogens (tertiary/aromatic N) is 1. The Kier molecular flexibility index (Phi) is 7.44. The van der Waals surface area contributed by atoms with Gasteiger partial charge < -0.3 is 14.7 Å². The van der Waals surface area contributed by atoms with Crippen molar-refractivity contribution in [3.8, 4) is 5.75 Å². The molecule has 0 amide bonds. The normalized spacial score (nSPS) is 17.3. The Morgan fingerprint density at radius 3 is 2.48 bits per heavy atom. The lowest BCUT2D eigenvalue weighted by atomic mass is 9.96. The lowest BCUT2D eigenvalue weighted by Crippen LogP contribution is -2.42. The summed E-state index contributed by atoms with van der Waals surface area (Å²) in [5.41, 5.74) is -1.60. The number of esters is 1. The van der Waals surface area contributed by atoms with E-state index in [0.717, 1.165) is 13.1 Å². The molecule has 1 N–H and O–H groups in total. The van der Waals surface area contributed by atoms with Gasteiger partial charge in [-0.05, 0) is 49.5 Å². The second-order valence-corrected chi connectivity index (χ2v) is 7.14. The molecular formula is C19H24ClNO3S. The number of piperidine rings is 1. The number of carbonyl (C=O) groups excluding carboxylic acids is 1. The summed E-state index contributed by atoms with van der Waals surface area (Å²) >= 11 is 1.39. The van der Waals surface area contributed by atoms with Crippen molar-refractivity contribution in [3.63, 3.8) is 0 Å². The summed E-state index contributed by atoms with van der Waals surface area (Å²) in [6.07, 6.45) is 3.98. The minimum atomic E-state index is -1.60. The van der Waals surface area contributed by atoms with Crippen LogP contribution in [0, 0.1) is 0 Å². The molecule has 4 nitrogen and oxygen atoms in total. The van der Waals surface area contributed by atoms with Crippen molar-refractivity contribution in [2.24, 2.45) is 0 Å². The smallest absolute Gasteiger partial charge is 0.349 e. The standard InChI is InChI=1S/C19H23NO3S.ClH/c21-18(23-16-8-3-1-4-9-16)19(22,17-10-7-15-24-17)11-14-20-12-5-2-6-13-20;/h1,3-4,7-10,15,22H,2,5-6,11-14H2;1H. The van der Waals surface area contributed by atoms with Crippen LogP contribution >= 0.6 is 23.7 Å². The average molecular weight is 382 g/mol. The molecule has 2 heterocycles. The molecule has 0 aliphatic carbocycles. The van der Waals surface area contributed by atoms with Gasteiger partial charge in [-0.15, -0.1) is 23.7 Å². The van der Waals surface area contributed by atoms with Crippen molar-refractivity contribution < 1.29 is 14.6 Å². The number of halogens is 1. The third-order valence-corrected chi connectivity index (χ3v) is 5.48. The van der Waals surface area contributed by atoms with E-state index in [1.54, 1.807) is 30.3 Å². The predicted octanol–water partition coefficient (Wildman–Crippen LogP) is 3.84. The molecule has 1 saturated heterocycles. The molecule has 1 aromatic heterocycles. The van der Waals surface area contributed by atoms with Crippen LogP contribution in [-0.4, -0.2) is 35.6 Å². The maximum Gasteiger partial charge on any atom is 0.349 e. The lowest BCUT2D eigenvalue weighted by Gasteiger charge is -2.31. The van der Waals surface area contributed by atoms with E-state index in [1.807, 2.05) is 17.5 Å². The van der Waals surface area contributed by atoms with Crippen LogP contribution in [-0.2, 0) is 10.4 Å². The van der Waals surface area contributed by atoms with Gasteiger partial charge in [-0.2, -0.15) is 0 Å². The Balaban J connectivity index is 0.00000225. The number of hydrogen-bond donors (Lipinski definition) is 1. The van der Waals surface area contributed by atoms with Crippen LogP contribution < -0.4 is 4.74 Å². The monoisotopic (exact) mass is 381 g/mol. The molecule has 2 aromatic rings. The average Bonchev–Trinajstić information content (AvgIpc) is 3.17. The zero-order chi connectivity index (χ0) is 16.8. The van der Waals surface area contributed by atoms with Gasteiger partial charge in [0.1, 0.15) is 5.75 Å². The number of benzene rings is 1. The van der Waals surface area contributed by atoms with Crippen LogP contribution in [0.15, 0.2) is 47.8 Å². The minimum Gasteiger partial charge on any atom is -0.424 e. The molecule has 1 unspecified atom stereocenters. The zero-order valence-corrected chi connectivity index (χ0v) is 15.7. The summed E-state index contributed by atoms with van der Waals surface area (Å²) in [6, 6.07) is 12.6. The number of likely N-dealkylation sites (tertiary alicyclic amines) is 1. The van der Waals surface area contributed by atoms with Crippen LogP contribution in [0.3, 0.4) is 0 Å². The number of aliphatic hydroxyl groups is 1. The molecule has 0 radical (unpaired) electrons. The maximum atomic E-state index is 12.7. The van der Waals surface area contributed by atoms with Gasteiger partial charge in [-0.3, -0.25) is 0 Å². The van der Waals surface area contributed by atoms with E-state index in [1.165, 1.54) is 30.6 Å². The Morgan fingerprint density at radius 1 is 1.12 bits per heavy atom. The van der Waals surface area contributed by atoms with Crippen molar-refractivity contribution in [2.45, 2.75) is 31.3 Å². The number of para-hydroxylation sites is 1. The molecule has 1 atom stereocenters. The summed E-state index contributed by atoms with van der Waals surface area (Å²) in [4.78, 5) is 15.7. The third kappa shape index (κ3) is 5.05. The summed E-state index contributed by atoms with van der Waals surface area (Å²) in [7, 11) is 0. The van der Waals surface area contributed by atoms with Crippen LogP contribution in [0.2, 0.25) is 0 Å². The summed E-state index contributed by atoms with van der Waals surface area (Å²) in [5.74, 6) is -0.149. The Morgan fingerprint density at radius 2 is 1.84 bits per heavy atom. The van der Waals surface area contributed by atoms with Gasteiger partial charge in [-0.1, -0.05) is 30.7 Å². The molecule has 3 rings (SSSR count). The summed E-state index contributed by atoms with van der Waals surface area (Å²) < 4.78 is 5.44. The Bertz CT molecular complexity index is 644. The fourth-order valence-corrected chi connectivity index (χ4v) is 3.86. The fourth-order valence-electron chi connectivity index (χ4n) is 3.02. The zero-order valence-electron chi connectivity index (χ0n) is 14.1. The molecule has 1 aliphatic heterocycles. The van der Waals surface area contributed by atoms with Gasteiger partial charge in [0.15, 0.2) is 5.60 Å². The number of ether oxygens (including phenoxy) is 1. The maximum absolute atomic E-state index is 12.7. The number of thiophene rings is 1. The van der Waals surface area contributed by atoms with Gasteiger partial charge in [0, 0.05) is 17.8 Å². The quantitative estimate of drug-likeness (QED) is 0.610. The highest BCUT2D eigenvalue weighted by Crippen LogP contribution is 2.32. The highest BCUT2D eigenvalue weighted by atomic mass is 35.5. The molecule has 1 aliphatic rings. The third-order valence-electron chi connectivity index (χ3n) is 4.46. The van der Waals surface area contributed by atoms with Crippen molar-refractivity contribution in [1.82, 2.24) is 4.90 Å². The highest BCUT2D eigenvalue weighted by Gasteiger charge is 2.41. The van der Waals surface area contributed by atoms with Crippen molar-refractivity contribution in [1.29, 1.82) is 0 Å². The topological polar surface area (TPSA) is 49.8 Å². The van der Waals surface area contributed by atoms with Gasteiger partial charge in [0.05, 0.1) is 0 Å². The lowest BCUT2D eigenvalue weighted by molar-refractivity contribution is -0.157. The van der Waals surface area contributed by atoms with Crippen LogP contribution in [0.5, 0.6) is 5.75 Å². The van der Waals surface area contributed by atoms with Crippen molar-refractivity contribution in [2.75, 3.05) is 19.6 Å². The van der Waals surface area contributed by atoms with Gasteiger partial charge in [-0.25, -0.2) is 4.79 Å². The van der Waals surface area contributed by atoms with Crippen LogP contribution in [0.1, 0.15) is 30.6 Å². The van der Waals surface area contributed by atoms with E-state index in [-0.39, 0.29) is 12.4 Å². The molecule has 136 valence electrons. The van der Waals surface area contributed by atoms with Gasteiger partial charge >= 0.3 is 5.97 Å². The molecule has 1 fully saturated rings. The van der Waals surface area contributed by atoms with E-state index in [2.05, 4.69) is 4.90 Å². The van der Waals surface area contributed by atoms with Crippen molar-refractivity contribution >= 4 is 29.7 Å². The highest BCUT2D eigenvalue weighted by molar-refractivity contribution is 7.10. The van der Waals surface area contributed by atoms with Crippen LogP contribution in [0.4, 0.5) is 0 Å². The van der Waals surface area contributed by atoms with Gasteiger partial charge in [0.2, 0.25) is 0 Å². The molecule has 0 bridgehead atoms. The molecule has 0 saturated carbocycles. The largest absolute Gasteiger partial charge is 0.424 e. The van der Waals surface area contributed by atoms with Crippen molar-refractivity contribution in [3.05, 3.63) is 52.7 Å². The molecular weight excluding hydrogens is 358 g/mol. The van der Waals surface area contributed by atoms with Gasteiger partial charge in [0.25, 0.3) is 0 Å². The van der Waals surface area contributed by atoms with E-state index in [9.17, 15) is 9.90 Å². The SMILES string of the molecule is Cl.O=C(Oc1ccccc1)C(O)(CCN1CCCCC1)c1cccs1. The second kappa shape index (κ2) is 9.34. The first kappa shape index (κ1) is 19.9. The molecule has 0 spiro atoms. The Labute approximate surface area is 158 Å².